The highest BCUT2D eigenvalue weighted by molar-refractivity contribution is 6.02. The molecule has 96 valence electrons. The fourth-order valence-corrected chi connectivity index (χ4v) is 2.04. The van der Waals surface area contributed by atoms with Gasteiger partial charge in [-0.3, -0.25) is 4.79 Å². The molecule has 2 heteroatoms. The van der Waals surface area contributed by atoms with Crippen LogP contribution in [-0.2, 0) is 10.3 Å². The lowest BCUT2D eigenvalue weighted by Gasteiger charge is -2.28. The van der Waals surface area contributed by atoms with Crippen molar-refractivity contribution in [3.63, 3.8) is 0 Å². The number of rotatable bonds is 5. The van der Waals surface area contributed by atoms with E-state index in [1.165, 1.54) is 6.26 Å². The summed E-state index contributed by atoms with van der Waals surface area (Å²) in [6.07, 6.45) is 1.31. The molecule has 2 aromatic rings. The molecule has 2 aromatic carbocycles. The Morgan fingerprint density at radius 3 is 2.11 bits per heavy atom. The molecule has 0 spiro atoms. The van der Waals surface area contributed by atoms with Crippen LogP contribution in [0.1, 0.15) is 22.8 Å². The average molecular weight is 252 g/mol. The maximum Gasteiger partial charge on any atom is 0.210 e. The SMILES string of the molecule is C=COC(C)(C(=O)c1ccccc1)c1ccccc1. The standard InChI is InChI=1S/C17H16O2/c1-3-19-17(2,15-12-8-5-9-13-15)16(18)14-10-6-4-7-11-14/h3-13H,1H2,2H3. The topological polar surface area (TPSA) is 26.3 Å². The van der Waals surface area contributed by atoms with Gasteiger partial charge < -0.3 is 4.74 Å². The van der Waals surface area contributed by atoms with Gasteiger partial charge in [0.25, 0.3) is 0 Å². The molecule has 2 nitrogen and oxygen atoms in total. The third-order valence-corrected chi connectivity index (χ3v) is 3.11. The lowest BCUT2D eigenvalue weighted by molar-refractivity contribution is 0.0302. The van der Waals surface area contributed by atoms with Gasteiger partial charge in [-0.25, -0.2) is 0 Å². The molecule has 0 N–H and O–H groups in total. The summed E-state index contributed by atoms with van der Waals surface area (Å²) in [5, 5.41) is 0. The summed E-state index contributed by atoms with van der Waals surface area (Å²) in [5.41, 5.74) is 0.379. The smallest absolute Gasteiger partial charge is 0.210 e. The van der Waals surface area contributed by atoms with E-state index in [4.69, 9.17) is 4.74 Å². The van der Waals surface area contributed by atoms with Crippen LogP contribution >= 0.6 is 0 Å². The number of hydrogen-bond donors (Lipinski definition) is 0. The first-order valence-electron chi connectivity index (χ1n) is 6.12. The van der Waals surface area contributed by atoms with Crippen molar-refractivity contribution < 1.29 is 9.53 Å². The summed E-state index contributed by atoms with van der Waals surface area (Å²) in [7, 11) is 0. The van der Waals surface area contributed by atoms with Gasteiger partial charge in [0, 0.05) is 11.1 Å². The summed E-state index contributed by atoms with van der Waals surface area (Å²) >= 11 is 0. The normalized spacial score (nSPS) is 13.3. The summed E-state index contributed by atoms with van der Waals surface area (Å²) in [6, 6.07) is 18.6. The van der Waals surface area contributed by atoms with Crippen molar-refractivity contribution in [1.29, 1.82) is 0 Å². The Bertz CT molecular complexity index is 560. The first-order valence-corrected chi connectivity index (χ1v) is 6.12. The van der Waals surface area contributed by atoms with Crippen LogP contribution in [0.3, 0.4) is 0 Å². The second-order valence-electron chi connectivity index (χ2n) is 4.38. The number of carbonyl (C=O) groups is 1. The van der Waals surface area contributed by atoms with Gasteiger partial charge in [0.2, 0.25) is 5.78 Å². The Balaban J connectivity index is 2.46. The predicted octanol–water partition coefficient (Wildman–Crippen LogP) is 3.94. The summed E-state index contributed by atoms with van der Waals surface area (Å²) in [5.74, 6) is -0.0841. The largest absolute Gasteiger partial charge is 0.483 e. The van der Waals surface area contributed by atoms with Crippen molar-refractivity contribution in [2.45, 2.75) is 12.5 Å². The highest BCUT2D eigenvalue weighted by atomic mass is 16.5. The van der Waals surface area contributed by atoms with Gasteiger partial charge in [0.1, 0.15) is 0 Å². The maximum atomic E-state index is 12.7. The third-order valence-electron chi connectivity index (χ3n) is 3.11. The molecule has 1 unspecified atom stereocenters. The Morgan fingerprint density at radius 1 is 1.05 bits per heavy atom. The zero-order chi connectivity index (χ0) is 13.7. The van der Waals surface area contributed by atoms with Crippen LogP contribution in [0.15, 0.2) is 73.5 Å². The molecule has 2 rings (SSSR count). The van der Waals surface area contributed by atoms with Crippen LogP contribution in [0, 0.1) is 0 Å². The number of carbonyl (C=O) groups excluding carboxylic acids is 1. The van der Waals surface area contributed by atoms with Crippen LogP contribution < -0.4 is 0 Å². The minimum Gasteiger partial charge on any atom is -0.483 e. The summed E-state index contributed by atoms with van der Waals surface area (Å²) in [4.78, 5) is 12.7. The van der Waals surface area contributed by atoms with Gasteiger partial charge in [-0.05, 0) is 6.92 Å². The maximum absolute atomic E-state index is 12.7. The average Bonchev–Trinajstić information content (AvgIpc) is 2.48. The molecule has 0 aliphatic rings. The van der Waals surface area contributed by atoms with Crippen LogP contribution in [0.5, 0.6) is 0 Å². The van der Waals surface area contributed by atoms with Crippen molar-refractivity contribution in [1.82, 2.24) is 0 Å². The Morgan fingerprint density at radius 2 is 1.58 bits per heavy atom. The fraction of sp³-hybridized carbons (Fsp3) is 0.118. The number of hydrogen-bond acceptors (Lipinski definition) is 2. The lowest BCUT2D eigenvalue weighted by atomic mass is 9.87. The molecule has 0 aliphatic heterocycles. The van der Waals surface area contributed by atoms with E-state index in [-0.39, 0.29) is 5.78 Å². The van der Waals surface area contributed by atoms with Crippen LogP contribution in [0.25, 0.3) is 0 Å². The van der Waals surface area contributed by atoms with Crippen LogP contribution in [-0.4, -0.2) is 5.78 Å². The molecule has 0 saturated heterocycles. The van der Waals surface area contributed by atoms with E-state index in [1.54, 1.807) is 19.1 Å². The second kappa shape index (κ2) is 5.53. The number of ether oxygens (including phenoxy) is 1. The van der Waals surface area contributed by atoms with Gasteiger partial charge in [-0.2, -0.15) is 0 Å². The Kier molecular flexibility index (Phi) is 3.81. The van der Waals surface area contributed by atoms with Crippen molar-refractivity contribution in [3.05, 3.63) is 84.6 Å². The highest BCUT2D eigenvalue weighted by Gasteiger charge is 2.36. The van der Waals surface area contributed by atoms with E-state index in [0.717, 1.165) is 5.56 Å². The van der Waals surface area contributed by atoms with Crippen molar-refractivity contribution in [2.75, 3.05) is 0 Å². The lowest BCUT2D eigenvalue weighted by Crippen LogP contribution is -2.34. The van der Waals surface area contributed by atoms with E-state index in [0.29, 0.717) is 5.56 Å². The molecule has 0 heterocycles. The van der Waals surface area contributed by atoms with Gasteiger partial charge in [-0.15, -0.1) is 0 Å². The third kappa shape index (κ3) is 2.58. The Hall–Kier alpha value is -2.35. The van der Waals surface area contributed by atoms with Crippen molar-refractivity contribution in [3.8, 4) is 0 Å². The molecule has 19 heavy (non-hydrogen) atoms. The van der Waals surface area contributed by atoms with E-state index < -0.39 is 5.60 Å². The zero-order valence-electron chi connectivity index (χ0n) is 10.9. The molecule has 1 atom stereocenters. The Labute approximate surface area is 113 Å². The minimum atomic E-state index is -1.05. The van der Waals surface area contributed by atoms with Crippen molar-refractivity contribution >= 4 is 5.78 Å². The molecule has 0 fully saturated rings. The molecule has 0 bridgehead atoms. The monoisotopic (exact) mass is 252 g/mol. The first kappa shape index (κ1) is 13.1. The number of Topliss-reactive ketones (excluding diaryl/α,β-unsaturated/α-hetero) is 1. The number of ketones is 1. The van der Waals surface area contributed by atoms with E-state index in [9.17, 15) is 4.79 Å². The van der Waals surface area contributed by atoms with E-state index in [1.807, 2.05) is 48.5 Å². The molecular weight excluding hydrogens is 236 g/mol. The van der Waals surface area contributed by atoms with Gasteiger partial charge >= 0.3 is 0 Å². The molecule has 0 amide bonds. The van der Waals surface area contributed by atoms with Gasteiger partial charge in [0.05, 0.1) is 6.26 Å². The summed E-state index contributed by atoms with van der Waals surface area (Å²) < 4.78 is 5.55. The van der Waals surface area contributed by atoms with Gasteiger partial charge in [-0.1, -0.05) is 67.2 Å². The highest BCUT2D eigenvalue weighted by Crippen LogP contribution is 2.29. The van der Waals surface area contributed by atoms with Gasteiger partial charge in [0.15, 0.2) is 5.60 Å². The molecule has 0 saturated carbocycles. The quantitative estimate of drug-likeness (QED) is 0.595. The molecular formula is C17H16O2. The second-order valence-corrected chi connectivity index (χ2v) is 4.38. The molecule has 0 radical (unpaired) electrons. The van der Waals surface area contributed by atoms with Crippen LogP contribution in [0.2, 0.25) is 0 Å². The molecule has 0 aliphatic carbocycles. The molecule has 0 aromatic heterocycles. The van der Waals surface area contributed by atoms with E-state index in [2.05, 4.69) is 6.58 Å². The van der Waals surface area contributed by atoms with Crippen LogP contribution in [0.4, 0.5) is 0 Å². The number of benzene rings is 2. The summed E-state index contributed by atoms with van der Waals surface area (Å²) in [6.45, 7) is 5.34. The zero-order valence-corrected chi connectivity index (χ0v) is 10.9. The van der Waals surface area contributed by atoms with E-state index >= 15 is 0 Å². The predicted molar refractivity (Wildman–Crippen MR) is 75.8 cm³/mol. The first-order chi connectivity index (χ1) is 9.18. The van der Waals surface area contributed by atoms with Crippen molar-refractivity contribution in [2.24, 2.45) is 0 Å². The minimum absolute atomic E-state index is 0.0841. The fourth-order valence-electron chi connectivity index (χ4n) is 2.04.